The van der Waals surface area contributed by atoms with Crippen molar-refractivity contribution in [2.24, 2.45) is 0 Å². The monoisotopic (exact) mass is 308 g/mol. The molecule has 4 heteroatoms. The summed E-state index contributed by atoms with van der Waals surface area (Å²) in [6.45, 7) is 2.73. The predicted octanol–water partition coefficient (Wildman–Crippen LogP) is 4.54. The van der Waals surface area contributed by atoms with Crippen molar-refractivity contribution >= 4 is 28.9 Å². The first-order valence-corrected chi connectivity index (χ1v) is 7.31. The van der Waals surface area contributed by atoms with E-state index in [1.807, 2.05) is 18.2 Å². The van der Waals surface area contributed by atoms with Gasteiger partial charge in [0.15, 0.2) is 0 Å². The molecule has 2 aromatic carbocycles. The molecule has 2 rings (SSSR count). The summed E-state index contributed by atoms with van der Waals surface area (Å²) in [5.74, 6) is 0. The Hall–Kier alpha value is -1.22. The number of nitrogens with one attached hydrogen (secondary N) is 1. The molecule has 0 aromatic heterocycles. The Kier molecular flexibility index (Phi) is 5.72. The van der Waals surface area contributed by atoms with E-state index < -0.39 is 0 Å². The zero-order valence-corrected chi connectivity index (χ0v) is 13.0. The van der Waals surface area contributed by atoms with Gasteiger partial charge < -0.3 is 10.2 Å². The van der Waals surface area contributed by atoms with Crippen LogP contribution in [-0.2, 0) is 6.54 Å². The molecule has 0 atom stereocenters. The van der Waals surface area contributed by atoms with Crippen molar-refractivity contribution in [3.63, 3.8) is 0 Å². The first kappa shape index (κ1) is 15.2. The van der Waals surface area contributed by atoms with E-state index in [1.165, 1.54) is 5.56 Å². The van der Waals surface area contributed by atoms with E-state index in [4.69, 9.17) is 23.2 Å². The van der Waals surface area contributed by atoms with E-state index >= 15 is 0 Å². The van der Waals surface area contributed by atoms with Crippen molar-refractivity contribution in [3.8, 4) is 0 Å². The second-order valence-electron chi connectivity index (χ2n) is 4.81. The summed E-state index contributed by atoms with van der Waals surface area (Å²) in [7, 11) is 2.11. The fourth-order valence-corrected chi connectivity index (χ4v) is 2.55. The van der Waals surface area contributed by atoms with Crippen molar-refractivity contribution in [2.45, 2.75) is 6.54 Å². The maximum atomic E-state index is 5.96. The summed E-state index contributed by atoms with van der Waals surface area (Å²) in [5, 5.41) is 4.63. The molecule has 20 heavy (non-hydrogen) atoms. The number of likely N-dealkylation sites (N-methyl/N-ethyl adjacent to an activating group) is 1. The van der Waals surface area contributed by atoms with Crippen LogP contribution >= 0.6 is 23.2 Å². The lowest BCUT2D eigenvalue weighted by Gasteiger charge is -2.17. The summed E-state index contributed by atoms with van der Waals surface area (Å²) in [5.41, 5.74) is 2.27. The molecule has 0 aliphatic heterocycles. The Balaban J connectivity index is 1.78. The quantitative estimate of drug-likeness (QED) is 0.843. The normalized spacial score (nSPS) is 10.8. The summed E-state index contributed by atoms with van der Waals surface area (Å²) in [6.07, 6.45) is 0. The second kappa shape index (κ2) is 7.53. The maximum Gasteiger partial charge on any atom is 0.0441 e. The van der Waals surface area contributed by atoms with Gasteiger partial charge in [0.2, 0.25) is 0 Å². The lowest BCUT2D eigenvalue weighted by Crippen LogP contribution is -2.24. The summed E-state index contributed by atoms with van der Waals surface area (Å²) < 4.78 is 0. The molecule has 2 nitrogen and oxygen atoms in total. The average Bonchev–Trinajstić information content (AvgIpc) is 2.38. The van der Waals surface area contributed by atoms with Crippen LogP contribution in [0.3, 0.4) is 0 Å². The van der Waals surface area contributed by atoms with Crippen LogP contribution in [0.4, 0.5) is 5.69 Å². The van der Waals surface area contributed by atoms with Crippen LogP contribution in [0.2, 0.25) is 10.0 Å². The van der Waals surface area contributed by atoms with E-state index in [9.17, 15) is 0 Å². The van der Waals surface area contributed by atoms with Gasteiger partial charge in [0.05, 0.1) is 0 Å². The van der Waals surface area contributed by atoms with Crippen LogP contribution in [0.5, 0.6) is 0 Å². The van der Waals surface area contributed by atoms with Gasteiger partial charge in [-0.3, -0.25) is 0 Å². The summed E-state index contributed by atoms with van der Waals surface area (Å²) in [4.78, 5) is 2.27. The van der Waals surface area contributed by atoms with Gasteiger partial charge >= 0.3 is 0 Å². The van der Waals surface area contributed by atoms with Crippen LogP contribution in [0.25, 0.3) is 0 Å². The smallest absolute Gasteiger partial charge is 0.0441 e. The Labute approximate surface area is 130 Å². The molecule has 0 amide bonds. The van der Waals surface area contributed by atoms with Gasteiger partial charge in [-0.15, -0.1) is 0 Å². The van der Waals surface area contributed by atoms with Crippen LogP contribution in [0.15, 0.2) is 48.5 Å². The van der Waals surface area contributed by atoms with Crippen LogP contribution in [-0.4, -0.2) is 25.0 Å². The molecule has 0 aliphatic carbocycles. The van der Waals surface area contributed by atoms with E-state index in [1.54, 1.807) is 6.07 Å². The molecular formula is C16H18Cl2N2. The third-order valence-electron chi connectivity index (χ3n) is 2.98. The minimum Gasteiger partial charge on any atom is -0.384 e. The van der Waals surface area contributed by atoms with Crippen molar-refractivity contribution in [3.05, 3.63) is 64.1 Å². The molecule has 0 bridgehead atoms. The SMILES string of the molecule is CN(CCNc1cc(Cl)cc(Cl)c1)Cc1ccccc1. The molecule has 1 N–H and O–H groups in total. The molecule has 0 fully saturated rings. The third-order valence-corrected chi connectivity index (χ3v) is 3.42. The van der Waals surface area contributed by atoms with E-state index in [2.05, 4.69) is 41.5 Å². The van der Waals surface area contributed by atoms with E-state index in [-0.39, 0.29) is 0 Å². The van der Waals surface area contributed by atoms with Gasteiger partial charge in [-0.05, 0) is 30.8 Å². The minimum atomic E-state index is 0.651. The Morgan fingerprint density at radius 3 is 2.30 bits per heavy atom. The molecule has 0 saturated heterocycles. The van der Waals surface area contributed by atoms with E-state index in [0.717, 1.165) is 25.3 Å². The highest BCUT2D eigenvalue weighted by atomic mass is 35.5. The predicted molar refractivity (Wildman–Crippen MR) is 87.7 cm³/mol. The number of benzene rings is 2. The third kappa shape index (κ3) is 5.04. The number of hydrogen-bond donors (Lipinski definition) is 1. The highest BCUT2D eigenvalue weighted by Crippen LogP contribution is 2.22. The topological polar surface area (TPSA) is 15.3 Å². The maximum absolute atomic E-state index is 5.96. The molecule has 0 unspecified atom stereocenters. The van der Waals surface area contributed by atoms with Gasteiger partial charge in [-0.2, -0.15) is 0 Å². The van der Waals surface area contributed by atoms with Crippen LogP contribution in [0, 0.1) is 0 Å². The zero-order valence-electron chi connectivity index (χ0n) is 11.4. The molecule has 0 radical (unpaired) electrons. The first-order valence-electron chi connectivity index (χ1n) is 6.56. The molecule has 2 aromatic rings. The number of halogens is 2. The Bertz CT molecular complexity index is 523. The highest BCUT2D eigenvalue weighted by Gasteiger charge is 2.01. The Morgan fingerprint density at radius 1 is 1.00 bits per heavy atom. The first-order chi connectivity index (χ1) is 9.63. The number of nitrogens with zero attached hydrogens (tertiary/aromatic N) is 1. The van der Waals surface area contributed by atoms with Crippen LogP contribution in [0.1, 0.15) is 5.56 Å². The average molecular weight is 309 g/mol. The standard InChI is InChI=1S/C16H18Cl2N2/c1-20(12-13-5-3-2-4-6-13)8-7-19-16-10-14(17)9-15(18)11-16/h2-6,9-11,19H,7-8,12H2,1H3. The van der Waals surface area contributed by atoms with E-state index in [0.29, 0.717) is 10.0 Å². The van der Waals surface area contributed by atoms with Crippen LogP contribution < -0.4 is 5.32 Å². The summed E-state index contributed by atoms with van der Waals surface area (Å²) >= 11 is 11.9. The van der Waals surface area contributed by atoms with Crippen molar-refractivity contribution < 1.29 is 0 Å². The molecule has 0 aliphatic rings. The van der Waals surface area contributed by atoms with Gasteiger partial charge in [0.25, 0.3) is 0 Å². The van der Waals surface area contributed by atoms with Gasteiger partial charge in [0.1, 0.15) is 0 Å². The molecule has 0 spiro atoms. The fraction of sp³-hybridized carbons (Fsp3) is 0.250. The van der Waals surface area contributed by atoms with Crippen molar-refractivity contribution in [1.29, 1.82) is 0 Å². The minimum absolute atomic E-state index is 0.651. The van der Waals surface area contributed by atoms with Gasteiger partial charge in [0, 0.05) is 35.4 Å². The fourth-order valence-electron chi connectivity index (χ4n) is 2.02. The Morgan fingerprint density at radius 2 is 1.65 bits per heavy atom. The van der Waals surface area contributed by atoms with Gasteiger partial charge in [-0.25, -0.2) is 0 Å². The molecular weight excluding hydrogens is 291 g/mol. The number of rotatable bonds is 6. The lowest BCUT2D eigenvalue weighted by molar-refractivity contribution is 0.340. The van der Waals surface area contributed by atoms with Crippen molar-refractivity contribution in [1.82, 2.24) is 4.90 Å². The second-order valence-corrected chi connectivity index (χ2v) is 5.68. The highest BCUT2D eigenvalue weighted by molar-refractivity contribution is 6.35. The largest absolute Gasteiger partial charge is 0.384 e. The van der Waals surface area contributed by atoms with Gasteiger partial charge in [-0.1, -0.05) is 53.5 Å². The lowest BCUT2D eigenvalue weighted by atomic mass is 10.2. The number of anilines is 1. The zero-order chi connectivity index (χ0) is 14.4. The molecule has 0 saturated carbocycles. The van der Waals surface area contributed by atoms with Crippen molar-refractivity contribution in [2.75, 3.05) is 25.5 Å². The number of hydrogen-bond acceptors (Lipinski definition) is 2. The summed E-state index contributed by atoms with van der Waals surface area (Å²) in [6, 6.07) is 15.9. The molecule has 0 heterocycles. The molecule has 106 valence electrons.